The molecule has 1 heterocycles. The lowest BCUT2D eigenvalue weighted by Gasteiger charge is -2.13. The Morgan fingerprint density at radius 2 is 1.90 bits per heavy atom. The first-order valence-electron chi connectivity index (χ1n) is 9.72. The van der Waals surface area contributed by atoms with Gasteiger partial charge in [0.25, 0.3) is 0 Å². The molecule has 0 bridgehead atoms. The Morgan fingerprint density at radius 1 is 1.17 bits per heavy atom. The summed E-state index contributed by atoms with van der Waals surface area (Å²) in [5, 5.41) is 8.20. The van der Waals surface area contributed by atoms with Crippen molar-refractivity contribution < 1.29 is 14.3 Å². The molecule has 29 heavy (non-hydrogen) atoms. The summed E-state index contributed by atoms with van der Waals surface area (Å²) in [6.07, 6.45) is 0.889. The van der Waals surface area contributed by atoms with Gasteiger partial charge in [0.15, 0.2) is 5.82 Å². The van der Waals surface area contributed by atoms with Crippen LogP contribution in [-0.2, 0) is 16.1 Å². The number of fused-ring (bicyclic) bond motifs is 1. The van der Waals surface area contributed by atoms with E-state index >= 15 is 0 Å². The molecular formula is C22H24N4O3. The van der Waals surface area contributed by atoms with Crippen molar-refractivity contribution in [3.8, 4) is 5.75 Å². The van der Waals surface area contributed by atoms with E-state index in [4.69, 9.17) is 10.5 Å². The number of nitrogens with zero attached hydrogens (tertiary/aromatic N) is 2. The van der Waals surface area contributed by atoms with E-state index in [-0.39, 0.29) is 6.10 Å². The van der Waals surface area contributed by atoms with Gasteiger partial charge in [-0.15, -0.1) is 0 Å². The number of carbonyl (C=O) groups excluding carboxylic acids is 2. The van der Waals surface area contributed by atoms with Crippen molar-refractivity contribution in [2.45, 2.75) is 39.3 Å². The molecule has 2 amide bonds. The van der Waals surface area contributed by atoms with Crippen molar-refractivity contribution in [3.63, 3.8) is 0 Å². The standard InChI is InChI=1S/C22H24N4O3/c1-14(2)29-17-10-6-9-16-18(17)19(24-21(28)22(11-12-22)20(23)27)25-26(16)13-15-7-4-3-5-8-15/h3-10,14H,11-13H2,1-2H3,(H2,23,27)(H,24,25,28). The van der Waals surface area contributed by atoms with Crippen molar-refractivity contribution in [2.24, 2.45) is 11.1 Å². The normalized spacial score (nSPS) is 14.7. The molecule has 7 nitrogen and oxygen atoms in total. The lowest BCUT2D eigenvalue weighted by atomic mass is 10.1. The number of ether oxygens (including phenoxy) is 1. The van der Waals surface area contributed by atoms with Crippen LogP contribution in [0.2, 0.25) is 0 Å². The number of nitrogens with one attached hydrogen (secondary N) is 1. The number of anilines is 1. The molecule has 1 saturated carbocycles. The molecule has 0 atom stereocenters. The second kappa shape index (κ2) is 7.24. The Kier molecular flexibility index (Phi) is 4.74. The van der Waals surface area contributed by atoms with Crippen molar-refractivity contribution in [2.75, 3.05) is 5.32 Å². The second-order valence-electron chi connectivity index (χ2n) is 7.71. The third-order valence-electron chi connectivity index (χ3n) is 5.17. The fourth-order valence-corrected chi connectivity index (χ4v) is 3.45. The Morgan fingerprint density at radius 3 is 2.52 bits per heavy atom. The highest BCUT2D eigenvalue weighted by Gasteiger charge is 2.55. The van der Waals surface area contributed by atoms with Crippen molar-refractivity contribution >= 4 is 28.5 Å². The number of hydrogen-bond donors (Lipinski definition) is 2. The molecule has 0 spiro atoms. The van der Waals surface area contributed by atoms with Gasteiger partial charge in [-0.1, -0.05) is 36.4 Å². The lowest BCUT2D eigenvalue weighted by Crippen LogP contribution is -2.36. The Hall–Kier alpha value is -3.35. The van der Waals surface area contributed by atoms with Crippen molar-refractivity contribution in [3.05, 3.63) is 54.1 Å². The highest BCUT2D eigenvalue weighted by Crippen LogP contribution is 2.46. The number of nitrogens with two attached hydrogens (primary N) is 1. The summed E-state index contributed by atoms with van der Waals surface area (Å²) in [5.41, 5.74) is 6.25. The topological polar surface area (TPSA) is 99.2 Å². The van der Waals surface area contributed by atoms with E-state index in [1.54, 1.807) is 0 Å². The molecule has 150 valence electrons. The summed E-state index contributed by atoms with van der Waals surface area (Å²) >= 11 is 0. The molecule has 0 saturated heterocycles. The second-order valence-corrected chi connectivity index (χ2v) is 7.71. The zero-order valence-electron chi connectivity index (χ0n) is 16.5. The van der Waals surface area contributed by atoms with Crippen LogP contribution in [0.25, 0.3) is 10.9 Å². The van der Waals surface area contributed by atoms with Crippen LogP contribution in [0.15, 0.2) is 48.5 Å². The van der Waals surface area contributed by atoms with E-state index in [2.05, 4.69) is 10.4 Å². The zero-order chi connectivity index (χ0) is 20.6. The third-order valence-corrected chi connectivity index (χ3v) is 5.17. The van der Waals surface area contributed by atoms with Crippen LogP contribution >= 0.6 is 0 Å². The maximum atomic E-state index is 12.8. The summed E-state index contributed by atoms with van der Waals surface area (Å²) in [4.78, 5) is 24.5. The average molecular weight is 392 g/mol. The number of amides is 2. The largest absolute Gasteiger partial charge is 0.490 e. The minimum Gasteiger partial charge on any atom is -0.490 e. The van der Waals surface area contributed by atoms with Gasteiger partial charge in [-0.3, -0.25) is 14.3 Å². The molecule has 1 aliphatic rings. The first-order chi connectivity index (χ1) is 13.9. The minimum atomic E-state index is -1.12. The molecule has 0 radical (unpaired) electrons. The van der Waals surface area contributed by atoms with Gasteiger partial charge in [0, 0.05) is 0 Å². The van der Waals surface area contributed by atoms with Gasteiger partial charge in [0.1, 0.15) is 11.2 Å². The van der Waals surface area contributed by atoms with Crippen LogP contribution in [0, 0.1) is 5.41 Å². The average Bonchev–Trinajstić information content (AvgIpc) is 3.43. The Bertz CT molecular complexity index is 1070. The van der Waals surface area contributed by atoms with Gasteiger partial charge in [0.2, 0.25) is 11.8 Å². The van der Waals surface area contributed by atoms with Crippen LogP contribution in [0.4, 0.5) is 5.82 Å². The van der Waals surface area contributed by atoms with E-state index in [0.29, 0.717) is 36.3 Å². The van der Waals surface area contributed by atoms with Crippen molar-refractivity contribution in [1.82, 2.24) is 9.78 Å². The number of hydrogen-bond acceptors (Lipinski definition) is 4. The van der Waals surface area contributed by atoms with Gasteiger partial charge in [-0.05, 0) is 44.4 Å². The third kappa shape index (κ3) is 3.55. The van der Waals surface area contributed by atoms with Crippen LogP contribution in [0.1, 0.15) is 32.3 Å². The highest BCUT2D eigenvalue weighted by molar-refractivity contribution is 6.14. The number of rotatable bonds is 7. The SMILES string of the molecule is CC(C)Oc1cccc2c1c(NC(=O)C1(C(N)=O)CC1)nn2Cc1ccccc1. The van der Waals surface area contributed by atoms with Crippen LogP contribution in [0.5, 0.6) is 5.75 Å². The van der Waals surface area contributed by atoms with Crippen LogP contribution in [0.3, 0.4) is 0 Å². The molecule has 0 aliphatic heterocycles. The molecule has 1 aliphatic carbocycles. The van der Waals surface area contributed by atoms with E-state index in [1.165, 1.54) is 0 Å². The quantitative estimate of drug-likeness (QED) is 0.604. The number of aromatic nitrogens is 2. The van der Waals surface area contributed by atoms with Gasteiger partial charge in [0.05, 0.1) is 23.6 Å². The molecule has 7 heteroatoms. The molecule has 4 rings (SSSR count). The molecule has 3 aromatic rings. The predicted octanol–water partition coefficient (Wildman–Crippen LogP) is 3.08. The molecule has 3 N–H and O–H groups in total. The van der Waals surface area contributed by atoms with E-state index in [1.807, 2.05) is 67.1 Å². The summed E-state index contributed by atoms with van der Waals surface area (Å²) in [6.45, 7) is 4.43. The fraction of sp³-hybridized carbons (Fsp3) is 0.318. The summed E-state index contributed by atoms with van der Waals surface area (Å²) < 4.78 is 7.80. The summed E-state index contributed by atoms with van der Waals surface area (Å²) in [5.74, 6) is 0.0121. The smallest absolute Gasteiger partial charge is 0.241 e. The maximum absolute atomic E-state index is 12.8. The van der Waals surface area contributed by atoms with Crippen LogP contribution in [-0.4, -0.2) is 27.7 Å². The molecule has 1 fully saturated rings. The van der Waals surface area contributed by atoms with Crippen LogP contribution < -0.4 is 15.8 Å². The minimum absolute atomic E-state index is 0.0398. The number of benzene rings is 2. The van der Waals surface area contributed by atoms with Gasteiger partial charge < -0.3 is 15.8 Å². The summed E-state index contributed by atoms with van der Waals surface area (Å²) in [7, 11) is 0. The predicted molar refractivity (Wildman–Crippen MR) is 111 cm³/mol. The number of primary amides is 1. The first-order valence-corrected chi connectivity index (χ1v) is 9.72. The Balaban J connectivity index is 1.77. The maximum Gasteiger partial charge on any atom is 0.241 e. The van der Waals surface area contributed by atoms with Gasteiger partial charge in [-0.2, -0.15) is 5.10 Å². The van der Waals surface area contributed by atoms with E-state index < -0.39 is 17.2 Å². The zero-order valence-corrected chi connectivity index (χ0v) is 16.5. The number of carbonyl (C=O) groups is 2. The van der Waals surface area contributed by atoms with Gasteiger partial charge >= 0.3 is 0 Å². The monoisotopic (exact) mass is 392 g/mol. The first kappa shape index (κ1) is 19.0. The van der Waals surface area contributed by atoms with Gasteiger partial charge in [-0.25, -0.2) is 0 Å². The van der Waals surface area contributed by atoms with Crippen molar-refractivity contribution in [1.29, 1.82) is 0 Å². The molecular weight excluding hydrogens is 368 g/mol. The lowest BCUT2D eigenvalue weighted by molar-refractivity contribution is -0.132. The van der Waals surface area contributed by atoms with E-state index in [0.717, 1.165) is 11.1 Å². The van der Waals surface area contributed by atoms with E-state index in [9.17, 15) is 9.59 Å². The molecule has 0 unspecified atom stereocenters. The highest BCUT2D eigenvalue weighted by atomic mass is 16.5. The molecule has 1 aromatic heterocycles. The molecule has 2 aromatic carbocycles. The fourth-order valence-electron chi connectivity index (χ4n) is 3.45. The summed E-state index contributed by atoms with van der Waals surface area (Å²) in [6, 6.07) is 15.6. The Labute approximate surface area is 168 Å².